The van der Waals surface area contributed by atoms with E-state index >= 15 is 0 Å². The molecule has 2 aromatic carbocycles. The molecule has 0 bridgehead atoms. The van der Waals surface area contributed by atoms with Gasteiger partial charge in [-0.05, 0) is 55.2 Å². The molecule has 0 unspecified atom stereocenters. The van der Waals surface area contributed by atoms with Crippen molar-refractivity contribution in [2.75, 3.05) is 24.4 Å². The highest BCUT2D eigenvalue weighted by Crippen LogP contribution is 2.23. The maximum absolute atomic E-state index is 12.8. The second kappa shape index (κ2) is 11.4. The maximum Gasteiger partial charge on any atom is 0.257 e. The molecule has 32 heavy (non-hydrogen) atoms. The van der Waals surface area contributed by atoms with E-state index in [1.54, 1.807) is 24.8 Å². The van der Waals surface area contributed by atoms with Crippen molar-refractivity contribution in [3.05, 3.63) is 70.7 Å². The first-order valence-corrected chi connectivity index (χ1v) is 11.2. The van der Waals surface area contributed by atoms with Crippen molar-refractivity contribution in [3.63, 3.8) is 0 Å². The summed E-state index contributed by atoms with van der Waals surface area (Å²) in [5.74, 6) is 0.247. The zero-order valence-electron chi connectivity index (χ0n) is 18.4. The minimum absolute atomic E-state index is 0.110. The van der Waals surface area contributed by atoms with Crippen molar-refractivity contribution in [3.8, 4) is 5.75 Å². The molecular weight excluding hydrogens is 426 g/mol. The minimum Gasteiger partial charge on any atom is -0.488 e. The largest absolute Gasteiger partial charge is 0.488 e. The van der Waals surface area contributed by atoms with Crippen LogP contribution in [0.1, 0.15) is 35.3 Å². The van der Waals surface area contributed by atoms with Crippen LogP contribution in [0.4, 0.5) is 10.8 Å². The fourth-order valence-corrected chi connectivity index (χ4v) is 3.81. The molecule has 3 aromatic rings. The lowest BCUT2D eigenvalue weighted by Crippen LogP contribution is -2.19. The van der Waals surface area contributed by atoms with Crippen LogP contribution in [0.25, 0.3) is 0 Å². The van der Waals surface area contributed by atoms with E-state index in [-0.39, 0.29) is 17.9 Å². The van der Waals surface area contributed by atoms with E-state index in [1.165, 1.54) is 18.3 Å². The van der Waals surface area contributed by atoms with Gasteiger partial charge in [0.05, 0.1) is 6.61 Å². The van der Waals surface area contributed by atoms with E-state index in [1.807, 2.05) is 43.3 Å². The van der Waals surface area contributed by atoms with E-state index in [2.05, 4.69) is 15.6 Å². The number of aromatic nitrogens is 1. The molecule has 7 nitrogen and oxygen atoms in total. The van der Waals surface area contributed by atoms with Crippen LogP contribution in [-0.4, -0.2) is 36.6 Å². The van der Waals surface area contributed by atoms with Gasteiger partial charge in [0.15, 0.2) is 5.13 Å². The number of benzene rings is 2. The number of nitrogens with one attached hydrogen (secondary N) is 2. The zero-order valence-corrected chi connectivity index (χ0v) is 19.2. The number of ether oxygens (including phenoxy) is 2. The first-order valence-electron chi connectivity index (χ1n) is 10.3. The Hall–Kier alpha value is -3.23. The molecule has 0 aliphatic carbocycles. The summed E-state index contributed by atoms with van der Waals surface area (Å²) < 4.78 is 11.1. The van der Waals surface area contributed by atoms with Gasteiger partial charge in [-0.2, -0.15) is 0 Å². The van der Waals surface area contributed by atoms with Crippen LogP contribution < -0.4 is 15.4 Å². The van der Waals surface area contributed by atoms with Crippen molar-refractivity contribution in [1.29, 1.82) is 0 Å². The second-order valence-electron chi connectivity index (χ2n) is 7.38. The Morgan fingerprint density at radius 1 is 1.12 bits per heavy atom. The summed E-state index contributed by atoms with van der Waals surface area (Å²) in [6.07, 6.45) is 2.85. The summed E-state index contributed by atoms with van der Waals surface area (Å²) in [7, 11) is 1.62. The minimum atomic E-state index is -0.246. The average Bonchev–Trinajstić information content (AvgIpc) is 3.26. The van der Waals surface area contributed by atoms with Gasteiger partial charge in [0.1, 0.15) is 11.9 Å². The molecule has 1 atom stereocenters. The highest BCUT2D eigenvalue weighted by molar-refractivity contribution is 7.13. The molecule has 1 aromatic heterocycles. The molecule has 0 saturated heterocycles. The molecule has 2 N–H and O–H groups in total. The second-order valence-corrected chi connectivity index (χ2v) is 8.27. The van der Waals surface area contributed by atoms with E-state index in [0.717, 1.165) is 16.8 Å². The number of hydrogen-bond donors (Lipinski definition) is 2. The molecule has 0 aliphatic heterocycles. The number of aryl methyl sites for hydroxylation is 2. The van der Waals surface area contributed by atoms with Gasteiger partial charge in [0.25, 0.3) is 5.91 Å². The van der Waals surface area contributed by atoms with Crippen molar-refractivity contribution < 1.29 is 19.1 Å². The van der Waals surface area contributed by atoms with Crippen LogP contribution >= 0.6 is 11.3 Å². The predicted octanol–water partition coefficient (Wildman–Crippen LogP) is 4.55. The zero-order chi connectivity index (χ0) is 22.9. The number of anilines is 2. The third-order valence-corrected chi connectivity index (χ3v) is 5.32. The highest BCUT2D eigenvalue weighted by atomic mass is 32.1. The van der Waals surface area contributed by atoms with Crippen LogP contribution in [-0.2, 0) is 22.4 Å². The Morgan fingerprint density at radius 3 is 2.66 bits per heavy atom. The van der Waals surface area contributed by atoms with Crippen molar-refractivity contribution in [1.82, 2.24) is 4.98 Å². The molecule has 0 fully saturated rings. The lowest BCUT2D eigenvalue weighted by molar-refractivity contribution is -0.114. The number of methoxy groups -OCH3 is 1. The maximum atomic E-state index is 12.8. The Bertz CT molecular complexity index is 1050. The summed E-state index contributed by atoms with van der Waals surface area (Å²) in [5.41, 5.74) is 3.26. The number of hydrogen-bond acceptors (Lipinski definition) is 6. The van der Waals surface area contributed by atoms with Gasteiger partial charge >= 0.3 is 0 Å². The van der Waals surface area contributed by atoms with Crippen LogP contribution in [0.5, 0.6) is 5.75 Å². The van der Waals surface area contributed by atoms with Gasteiger partial charge in [-0.15, -0.1) is 11.3 Å². The molecule has 3 rings (SSSR count). The van der Waals surface area contributed by atoms with Crippen LogP contribution in [0, 0.1) is 0 Å². The lowest BCUT2D eigenvalue weighted by Gasteiger charge is -2.16. The lowest BCUT2D eigenvalue weighted by atomic mass is 10.0. The molecule has 168 valence electrons. The SMILES string of the molecule is COC[C@H](C)Oc1cc(CCc2ccccc2NC(C)=O)cc(C(=O)Nc2nccs2)c1. The Labute approximate surface area is 191 Å². The third-order valence-electron chi connectivity index (χ3n) is 4.63. The highest BCUT2D eigenvalue weighted by Gasteiger charge is 2.14. The van der Waals surface area contributed by atoms with E-state index in [9.17, 15) is 9.59 Å². The van der Waals surface area contributed by atoms with Gasteiger partial charge < -0.3 is 14.8 Å². The van der Waals surface area contributed by atoms with E-state index in [4.69, 9.17) is 9.47 Å². The quantitative estimate of drug-likeness (QED) is 0.470. The normalized spacial score (nSPS) is 11.6. The molecule has 0 radical (unpaired) electrons. The number of nitrogens with zero attached hydrogens (tertiary/aromatic N) is 1. The number of amides is 2. The van der Waals surface area contributed by atoms with Gasteiger partial charge in [-0.3, -0.25) is 14.9 Å². The fraction of sp³-hybridized carbons (Fsp3) is 0.292. The molecular formula is C24H27N3O4S. The predicted molar refractivity (Wildman–Crippen MR) is 127 cm³/mol. The van der Waals surface area contributed by atoms with Gasteiger partial charge in [-0.25, -0.2) is 4.98 Å². The number of thiazole rings is 1. The smallest absolute Gasteiger partial charge is 0.257 e. The number of para-hydroxylation sites is 1. The first kappa shape index (κ1) is 23.4. The van der Waals surface area contributed by atoms with E-state index < -0.39 is 0 Å². The van der Waals surface area contributed by atoms with Crippen molar-refractivity contribution in [2.24, 2.45) is 0 Å². The third kappa shape index (κ3) is 6.90. The van der Waals surface area contributed by atoms with Gasteiger partial charge in [0, 0.05) is 36.9 Å². The number of carbonyl (C=O) groups excluding carboxylic acids is 2. The number of rotatable bonds is 10. The first-order chi connectivity index (χ1) is 15.4. The fourth-order valence-electron chi connectivity index (χ4n) is 3.29. The summed E-state index contributed by atoms with van der Waals surface area (Å²) in [5, 5.41) is 8.03. The Morgan fingerprint density at radius 2 is 1.94 bits per heavy atom. The standard InChI is InChI=1S/C24H27N3O4S/c1-16(15-30-3)31-21-13-18(8-9-19-6-4-5-7-22(19)26-17(2)28)12-20(14-21)23(29)27-24-25-10-11-32-24/h4-7,10-14,16H,8-9,15H2,1-3H3,(H,26,28)(H,25,27,29)/t16-/m0/s1. The summed E-state index contributed by atoms with van der Waals surface area (Å²) in [6.45, 7) is 3.84. The van der Waals surface area contributed by atoms with Crippen molar-refractivity contribution in [2.45, 2.75) is 32.8 Å². The topological polar surface area (TPSA) is 89.5 Å². The average molecular weight is 454 g/mol. The molecule has 8 heteroatoms. The number of carbonyl (C=O) groups is 2. The summed E-state index contributed by atoms with van der Waals surface area (Å²) in [4.78, 5) is 28.4. The molecule has 2 amide bonds. The summed E-state index contributed by atoms with van der Waals surface area (Å²) in [6, 6.07) is 13.2. The molecule has 0 spiro atoms. The van der Waals surface area contributed by atoms with Crippen LogP contribution in [0.2, 0.25) is 0 Å². The van der Waals surface area contributed by atoms with E-state index in [0.29, 0.717) is 35.9 Å². The van der Waals surface area contributed by atoms with Gasteiger partial charge in [0.2, 0.25) is 5.91 Å². The van der Waals surface area contributed by atoms with Gasteiger partial charge in [-0.1, -0.05) is 18.2 Å². The monoisotopic (exact) mass is 453 g/mol. The Balaban J connectivity index is 1.82. The van der Waals surface area contributed by atoms with Crippen LogP contribution in [0.15, 0.2) is 54.0 Å². The molecule has 1 heterocycles. The summed E-state index contributed by atoms with van der Waals surface area (Å²) >= 11 is 1.36. The molecule has 0 saturated carbocycles. The molecule has 0 aliphatic rings. The van der Waals surface area contributed by atoms with Crippen molar-refractivity contribution >= 4 is 34.0 Å². The Kier molecular flexibility index (Phi) is 8.35. The van der Waals surface area contributed by atoms with Crippen LogP contribution in [0.3, 0.4) is 0 Å².